The molecule has 20 heavy (non-hydrogen) atoms. The SMILES string of the molecule is CC1(C)CC(Oc2c(F)cc(C=O)cc2F)C(C)(C)O1. The van der Waals surface area contributed by atoms with Gasteiger partial charge >= 0.3 is 0 Å². The zero-order valence-electron chi connectivity index (χ0n) is 12.0. The van der Waals surface area contributed by atoms with Crippen LogP contribution in [0.15, 0.2) is 12.1 Å². The summed E-state index contributed by atoms with van der Waals surface area (Å²) in [6.07, 6.45) is 0.444. The fourth-order valence-electron chi connectivity index (χ4n) is 2.60. The van der Waals surface area contributed by atoms with Crippen LogP contribution in [0.2, 0.25) is 0 Å². The largest absolute Gasteiger partial charge is 0.481 e. The Morgan fingerprint density at radius 1 is 1.25 bits per heavy atom. The van der Waals surface area contributed by atoms with Crippen molar-refractivity contribution >= 4 is 6.29 Å². The second kappa shape index (κ2) is 4.81. The maximum Gasteiger partial charge on any atom is 0.191 e. The summed E-state index contributed by atoms with van der Waals surface area (Å²) >= 11 is 0. The van der Waals surface area contributed by atoms with Gasteiger partial charge in [-0.2, -0.15) is 0 Å². The number of benzene rings is 1. The molecule has 1 saturated heterocycles. The second-order valence-electron chi connectivity index (χ2n) is 6.21. The fourth-order valence-corrected chi connectivity index (χ4v) is 2.60. The smallest absolute Gasteiger partial charge is 0.191 e. The van der Waals surface area contributed by atoms with Crippen molar-refractivity contribution in [2.45, 2.75) is 51.4 Å². The monoisotopic (exact) mass is 284 g/mol. The minimum atomic E-state index is -0.882. The third-order valence-corrected chi connectivity index (χ3v) is 3.41. The fraction of sp³-hybridized carbons (Fsp3) is 0.533. The molecule has 2 rings (SSSR count). The number of hydrogen-bond acceptors (Lipinski definition) is 3. The van der Waals surface area contributed by atoms with Crippen LogP contribution in [0.4, 0.5) is 8.78 Å². The van der Waals surface area contributed by atoms with Gasteiger partial charge in [0.1, 0.15) is 18.0 Å². The first kappa shape index (κ1) is 14.9. The van der Waals surface area contributed by atoms with E-state index < -0.39 is 34.7 Å². The number of carbonyl (C=O) groups is 1. The van der Waals surface area contributed by atoms with Gasteiger partial charge in [0.05, 0.1) is 5.60 Å². The molecular weight excluding hydrogens is 266 g/mol. The van der Waals surface area contributed by atoms with Gasteiger partial charge in [-0.15, -0.1) is 0 Å². The van der Waals surface area contributed by atoms with E-state index in [0.717, 1.165) is 12.1 Å². The predicted octanol–water partition coefficient (Wildman–Crippen LogP) is 3.50. The van der Waals surface area contributed by atoms with Gasteiger partial charge in [0.2, 0.25) is 0 Å². The lowest BCUT2D eigenvalue weighted by molar-refractivity contribution is -0.0852. The molecule has 3 nitrogen and oxygen atoms in total. The Morgan fingerprint density at radius 2 is 1.80 bits per heavy atom. The number of halogens is 2. The van der Waals surface area contributed by atoms with E-state index in [1.807, 2.05) is 27.7 Å². The van der Waals surface area contributed by atoms with Gasteiger partial charge in [-0.3, -0.25) is 4.79 Å². The maximum absolute atomic E-state index is 13.8. The molecule has 1 aliphatic rings. The Bertz CT molecular complexity index is 515. The number of ether oxygens (including phenoxy) is 2. The van der Waals surface area contributed by atoms with Crippen molar-refractivity contribution in [2.75, 3.05) is 0 Å². The van der Waals surface area contributed by atoms with E-state index in [9.17, 15) is 13.6 Å². The lowest BCUT2D eigenvalue weighted by atomic mass is 9.97. The van der Waals surface area contributed by atoms with Crippen LogP contribution >= 0.6 is 0 Å². The van der Waals surface area contributed by atoms with Crippen LogP contribution in [-0.2, 0) is 4.74 Å². The molecule has 1 aromatic rings. The maximum atomic E-state index is 13.8. The van der Waals surface area contributed by atoms with Crippen LogP contribution in [-0.4, -0.2) is 23.6 Å². The molecule has 0 saturated carbocycles. The van der Waals surface area contributed by atoms with Crippen LogP contribution in [0.25, 0.3) is 0 Å². The Kier molecular flexibility index (Phi) is 3.58. The molecule has 0 spiro atoms. The van der Waals surface area contributed by atoms with E-state index in [1.54, 1.807) is 0 Å². The van der Waals surface area contributed by atoms with E-state index in [2.05, 4.69) is 0 Å². The van der Waals surface area contributed by atoms with Gasteiger partial charge < -0.3 is 9.47 Å². The third-order valence-electron chi connectivity index (χ3n) is 3.41. The average Bonchev–Trinajstić information content (AvgIpc) is 2.51. The molecule has 5 heteroatoms. The van der Waals surface area contributed by atoms with E-state index in [-0.39, 0.29) is 5.56 Å². The van der Waals surface area contributed by atoms with Crippen molar-refractivity contribution in [2.24, 2.45) is 0 Å². The van der Waals surface area contributed by atoms with Crippen molar-refractivity contribution in [1.82, 2.24) is 0 Å². The van der Waals surface area contributed by atoms with Gasteiger partial charge in [-0.25, -0.2) is 8.78 Å². The third kappa shape index (κ3) is 2.82. The van der Waals surface area contributed by atoms with Crippen LogP contribution in [0.1, 0.15) is 44.5 Å². The van der Waals surface area contributed by atoms with E-state index in [1.165, 1.54) is 0 Å². The Morgan fingerprint density at radius 3 is 2.20 bits per heavy atom. The molecular formula is C15H18F2O3. The highest BCUT2D eigenvalue weighted by Crippen LogP contribution is 2.40. The Labute approximate surface area is 116 Å². The first-order chi connectivity index (χ1) is 9.14. The number of hydrogen-bond donors (Lipinski definition) is 0. The van der Waals surface area contributed by atoms with Crippen LogP contribution in [0, 0.1) is 11.6 Å². The summed E-state index contributed by atoms with van der Waals surface area (Å²) in [4.78, 5) is 10.6. The summed E-state index contributed by atoms with van der Waals surface area (Å²) in [7, 11) is 0. The molecule has 0 aliphatic carbocycles. The molecule has 0 radical (unpaired) electrons. The number of aldehydes is 1. The molecule has 1 fully saturated rings. The van der Waals surface area contributed by atoms with Gasteiger partial charge in [-0.05, 0) is 39.8 Å². The second-order valence-corrected chi connectivity index (χ2v) is 6.21. The number of carbonyl (C=O) groups excluding carboxylic acids is 1. The van der Waals surface area contributed by atoms with Gasteiger partial charge in [0.25, 0.3) is 0 Å². The topological polar surface area (TPSA) is 35.5 Å². The van der Waals surface area contributed by atoms with E-state index >= 15 is 0 Å². The standard InChI is InChI=1S/C15H18F2O3/c1-14(2)7-12(15(3,4)20-14)19-13-10(16)5-9(8-18)6-11(13)17/h5-6,8,12H,7H2,1-4H3. The first-order valence-corrected chi connectivity index (χ1v) is 6.46. The summed E-state index contributed by atoms with van der Waals surface area (Å²) in [6.45, 7) is 7.45. The molecule has 1 aliphatic heterocycles. The molecule has 1 aromatic carbocycles. The summed E-state index contributed by atoms with van der Waals surface area (Å²) in [6, 6.07) is 1.92. The average molecular weight is 284 g/mol. The summed E-state index contributed by atoms with van der Waals surface area (Å²) in [5.74, 6) is -2.23. The Hall–Kier alpha value is -1.49. The highest BCUT2D eigenvalue weighted by molar-refractivity contribution is 5.75. The minimum Gasteiger partial charge on any atom is -0.481 e. The van der Waals surface area contributed by atoms with Gasteiger partial charge in [-0.1, -0.05) is 0 Å². The molecule has 1 atom stereocenters. The van der Waals surface area contributed by atoms with Gasteiger partial charge in [0, 0.05) is 12.0 Å². The summed E-state index contributed by atoms with van der Waals surface area (Å²) < 4.78 is 39.0. The number of rotatable bonds is 3. The zero-order valence-corrected chi connectivity index (χ0v) is 12.0. The predicted molar refractivity (Wildman–Crippen MR) is 70.0 cm³/mol. The quantitative estimate of drug-likeness (QED) is 0.797. The molecule has 1 heterocycles. The van der Waals surface area contributed by atoms with Crippen molar-refractivity contribution in [3.63, 3.8) is 0 Å². The normalized spacial score (nSPS) is 23.6. The lowest BCUT2D eigenvalue weighted by Crippen LogP contribution is -2.37. The zero-order chi connectivity index (χ0) is 15.1. The minimum absolute atomic E-state index is 0.0605. The lowest BCUT2D eigenvalue weighted by Gasteiger charge is -2.27. The van der Waals surface area contributed by atoms with Crippen molar-refractivity contribution < 1.29 is 23.0 Å². The molecule has 1 unspecified atom stereocenters. The highest BCUT2D eigenvalue weighted by Gasteiger charge is 2.48. The molecule has 0 N–H and O–H groups in total. The van der Waals surface area contributed by atoms with Crippen LogP contribution in [0.3, 0.4) is 0 Å². The van der Waals surface area contributed by atoms with Gasteiger partial charge in [0.15, 0.2) is 17.4 Å². The van der Waals surface area contributed by atoms with Crippen LogP contribution < -0.4 is 4.74 Å². The van der Waals surface area contributed by atoms with Crippen molar-refractivity contribution in [1.29, 1.82) is 0 Å². The van der Waals surface area contributed by atoms with E-state index in [4.69, 9.17) is 9.47 Å². The molecule has 0 bridgehead atoms. The van der Waals surface area contributed by atoms with Crippen LogP contribution in [0.5, 0.6) is 5.75 Å². The first-order valence-electron chi connectivity index (χ1n) is 6.46. The molecule has 0 aromatic heterocycles. The summed E-state index contributed by atoms with van der Waals surface area (Å²) in [5, 5.41) is 0. The van der Waals surface area contributed by atoms with E-state index in [0.29, 0.717) is 12.7 Å². The van der Waals surface area contributed by atoms with Crippen molar-refractivity contribution in [3.05, 3.63) is 29.3 Å². The Balaban J connectivity index is 2.29. The summed E-state index contributed by atoms with van der Waals surface area (Å²) in [5.41, 5.74) is -1.12. The molecule has 110 valence electrons. The van der Waals surface area contributed by atoms with Crippen molar-refractivity contribution in [3.8, 4) is 5.75 Å². The molecule has 0 amide bonds. The highest BCUT2D eigenvalue weighted by atomic mass is 19.1.